The maximum absolute atomic E-state index is 11.8. The van der Waals surface area contributed by atoms with Crippen molar-refractivity contribution in [2.75, 3.05) is 0 Å². The van der Waals surface area contributed by atoms with Crippen LogP contribution in [0.3, 0.4) is 0 Å². The molecule has 2 nitrogen and oxygen atoms in total. The molecule has 0 aromatic carbocycles. The van der Waals surface area contributed by atoms with Crippen LogP contribution in [-0.4, -0.2) is 4.98 Å². The number of nitrogens with one attached hydrogen (secondary N) is 1. The van der Waals surface area contributed by atoms with Crippen molar-refractivity contribution in [3.63, 3.8) is 0 Å². The van der Waals surface area contributed by atoms with E-state index >= 15 is 0 Å². The smallest absolute Gasteiger partial charge is 0.251 e. The predicted octanol–water partition coefficient (Wildman–Crippen LogP) is 2.94. The van der Waals surface area contributed by atoms with E-state index in [-0.39, 0.29) is 5.56 Å². The molecule has 1 N–H and O–H groups in total. The topological polar surface area (TPSA) is 32.9 Å². The molecule has 1 aromatic heterocycles. The van der Waals surface area contributed by atoms with Crippen molar-refractivity contribution in [1.82, 2.24) is 4.98 Å². The third kappa shape index (κ3) is 1.85. The minimum atomic E-state index is 0.109. The minimum Gasteiger partial charge on any atom is -0.325 e. The lowest BCUT2D eigenvalue weighted by Gasteiger charge is -2.22. The predicted molar refractivity (Wildman–Crippen MR) is 62.5 cm³/mol. The number of aromatic amines is 1. The van der Waals surface area contributed by atoms with E-state index in [0.717, 1.165) is 12.0 Å². The molecule has 0 fully saturated rings. The highest BCUT2D eigenvalue weighted by Crippen LogP contribution is 2.29. The molecule has 1 aliphatic rings. The van der Waals surface area contributed by atoms with Gasteiger partial charge in [-0.05, 0) is 42.7 Å². The fraction of sp³-hybridized carbons (Fsp3) is 0.615. The Balaban J connectivity index is 2.54. The summed E-state index contributed by atoms with van der Waals surface area (Å²) < 4.78 is 0. The summed E-state index contributed by atoms with van der Waals surface area (Å²) in [5.74, 6) is 0.832. The summed E-state index contributed by atoms with van der Waals surface area (Å²) in [7, 11) is 0. The van der Waals surface area contributed by atoms with Crippen molar-refractivity contribution in [3.8, 4) is 0 Å². The van der Waals surface area contributed by atoms with Gasteiger partial charge in [0.05, 0.1) is 0 Å². The van der Waals surface area contributed by atoms with Gasteiger partial charge in [0, 0.05) is 11.3 Å². The molecular weight excluding hydrogens is 186 g/mol. The summed E-state index contributed by atoms with van der Waals surface area (Å²) in [5, 5.41) is 0. The lowest BCUT2D eigenvalue weighted by Crippen LogP contribution is -2.21. The first-order valence-corrected chi connectivity index (χ1v) is 5.85. The van der Waals surface area contributed by atoms with Gasteiger partial charge in [-0.15, -0.1) is 0 Å². The van der Waals surface area contributed by atoms with Crippen LogP contribution in [0.4, 0.5) is 0 Å². The molecule has 0 amide bonds. The first-order chi connectivity index (χ1) is 7.09. The van der Waals surface area contributed by atoms with Crippen LogP contribution in [0.1, 0.15) is 62.3 Å². The summed E-state index contributed by atoms with van der Waals surface area (Å²) in [4.78, 5) is 14.9. The molecule has 2 heteroatoms. The molecule has 15 heavy (non-hydrogen) atoms. The average Bonchev–Trinajstić information content (AvgIpc) is 2.18. The number of aromatic nitrogens is 1. The first-order valence-electron chi connectivity index (χ1n) is 5.85. The summed E-state index contributed by atoms with van der Waals surface area (Å²) in [6, 6.07) is 2.12. The highest BCUT2D eigenvalue weighted by molar-refractivity contribution is 5.31. The van der Waals surface area contributed by atoms with Gasteiger partial charge in [-0.2, -0.15) is 0 Å². The third-order valence-corrected chi connectivity index (χ3v) is 3.38. The number of aryl methyl sites for hydroxylation is 1. The van der Waals surface area contributed by atoms with Crippen LogP contribution in [0.25, 0.3) is 0 Å². The SMILES string of the molecule is CC(C)c1cc2c([nH]c1=O)C(C)CCC2. The van der Waals surface area contributed by atoms with Crippen LogP contribution < -0.4 is 5.56 Å². The standard InChI is InChI=1S/C13H19NO/c1-8(2)11-7-10-6-4-5-9(3)12(10)14-13(11)15/h7-9H,4-6H2,1-3H3,(H,14,15). The van der Waals surface area contributed by atoms with E-state index in [4.69, 9.17) is 0 Å². The highest BCUT2D eigenvalue weighted by Gasteiger charge is 2.19. The van der Waals surface area contributed by atoms with Crippen molar-refractivity contribution in [3.05, 3.63) is 33.2 Å². The Hall–Kier alpha value is -1.05. The third-order valence-electron chi connectivity index (χ3n) is 3.38. The molecule has 1 aliphatic carbocycles. The van der Waals surface area contributed by atoms with Crippen LogP contribution in [-0.2, 0) is 6.42 Å². The van der Waals surface area contributed by atoms with E-state index in [1.165, 1.54) is 24.1 Å². The lowest BCUT2D eigenvalue weighted by atomic mass is 9.86. The molecule has 2 rings (SSSR count). The van der Waals surface area contributed by atoms with E-state index in [1.54, 1.807) is 0 Å². The quantitative estimate of drug-likeness (QED) is 0.751. The molecule has 82 valence electrons. The van der Waals surface area contributed by atoms with Gasteiger partial charge in [-0.1, -0.05) is 20.8 Å². The second-order valence-corrected chi connectivity index (χ2v) is 4.94. The molecule has 1 unspecified atom stereocenters. The molecule has 0 bridgehead atoms. The number of hydrogen-bond donors (Lipinski definition) is 1. The fourth-order valence-corrected chi connectivity index (χ4v) is 2.42. The Morgan fingerprint density at radius 2 is 2.20 bits per heavy atom. The fourth-order valence-electron chi connectivity index (χ4n) is 2.42. The molecule has 0 radical (unpaired) electrons. The first kappa shape index (κ1) is 10.5. The van der Waals surface area contributed by atoms with Crippen LogP contribution in [0.15, 0.2) is 10.9 Å². The van der Waals surface area contributed by atoms with Gasteiger partial charge in [0.15, 0.2) is 0 Å². The molecule has 1 aromatic rings. The van der Waals surface area contributed by atoms with Crippen molar-refractivity contribution in [2.45, 2.75) is 51.9 Å². The Bertz CT molecular complexity index is 417. The van der Waals surface area contributed by atoms with Gasteiger partial charge in [0.25, 0.3) is 5.56 Å². The van der Waals surface area contributed by atoms with Gasteiger partial charge in [0.1, 0.15) is 0 Å². The van der Waals surface area contributed by atoms with E-state index in [2.05, 4.69) is 31.8 Å². The summed E-state index contributed by atoms with van der Waals surface area (Å²) in [5.41, 5.74) is 3.58. The maximum atomic E-state index is 11.8. The van der Waals surface area contributed by atoms with Gasteiger partial charge in [-0.3, -0.25) is 4.79 Å². The highest BCUT2D eigenvalue weighted by atomic mass is 16.1. The average molecular weight is 205 g/mol. The molecule has 0 spiro atoms. The number of H-pyrrole nitrogens is 1. The van der Waals surface area contributed by atoms with Crippen molar-refractivity contribution >= 4 is 0 Å². The van der Waals surface area contributed by atoms with E-state index < -0.39 is 0 Å². The number of rotatable bonds is 1. The number of pyridine rings is 1. The zero-order chi connectivity index (χ0) is 11.0. The van der Waals surface area contributed by atoms with E-state index in [0.29, 0.717) is 11.8 Å². The molecule has 0 aliphatic heterocycles. The van der Waals surface area contributed by atoms with Crippen LogP contribution in [0, 0.1) is 0 Å². The zero-order valence-corrected chi connectivity index (χ0v) is 9.76. The van der Waals surface area contributed by atoms with Crippen molar-refractivity contribution in [2.24, 2.45) is 0 Å². The van der Waals surface area contributed by atoms with Crippen molar-refractivity contribution < 1.29 is 0 Å². The molecular formula is C13H19NO. The monoisotopic (exact) mass is 205 g/mol. The van der Waals surface area contributed by atoms with Gasteiger partial charge in [0.2, 0.25) is 0 Å². The Morgan fingerprint density at radius 1 is 1.47 bits per heavy atom. The lowest BCUT2D eigenvalue weighted by molar-refractivity contribution is 0.568. The molecule has 0 saturated carbocycles. The Morgan fingerprint density at radius 3 is 2.87 bits per heavy atom. The van der Waals surface area contributed by atoms with Crippen LogP contribution >= 0.6 is 0 Å². The van der Waals surface area contributed by atoms with Gasteiger partial charge < -0.3 is 4.98 Å². The Labute approximate surface area is 90.7 Å². The maximum Gasteiger partial charge on any atom is 0.251 e. The second-order valence-electron chi connectivity index (χ2n) is 4.94. The molecule has 0 saturated heterocycles. The largest absolute Gasteiger partial charge is 0.325 e. The number of fused-ring (bicyclic) bond motifs is 1. The summed E-state index contributed by atoms with van der Waals surface area (Å²) in [6.07, 6.45) is 3.57. The van der Waals surface area contributed by atoms with Gasteiger partial charge >= 0.3 is 0 Å². The van der Waals surface area contributed by atoms with Crippen molar-refractivity contribution in [1.29, 1.82) is 0 Å². The number of hydrogen-bond acceptors (Lipinski definition) is 1. The Kier molecular flexibility index (Phi) is 2.68. The van der Waals surface area contributed by atoms with Gasteiger partial charge in [-0.25, -0.2) is 0 Å². The van der Waals surface area contributed by atoms with E-state index in [1.807, 2.05) is 0 Å². The van der Waals surface area contributed by atoms with Crippen LogP contribution in [0.2, 0.25) is 0 Å². The molecule has 1 atom stereocenters. The zero-order valence-electron chi connectivity index (χ0n) is 9.76. The second kappa shape index (κ2) is 3.84. The summed E-state index contributed by atoms with van der Waals surface area (Å²) >= 11 is 0. The van der Waals surface area contributed by atoms with Crippen LogP contribution in [0.5, 0.6) is 0 Å². The molecule has 1 heterocycles. The van der Waals surface area contributed by atoms with E-state index in [9.17, 15) is 4.79 Å². The summed E-state index contributed by atoms with van der Waals surface area (Å²) in [6.45, 7) is 6.34. The normalized spacial score (nSPS) is 20.4. The minimum absolute atomic E-state index is 0.109.